The minimum atomic E-state index is -3.81. The third-order valence-corrected chi connectivity index (χ3v) is 5.70. The Balaban J connectivity index is 1.78. The third-order valence-electron chi connectivity index (χ3n) is 3.91. The van der Waals surface area contributed by atoms with E-state index in [1.807, 2.05) is 5.38 Å². The highest BCUT2D eigenvalue weighted by Gasteiger charge is 2.29. The number of likely N-dealkylation sites (tertiary alicyclic amines) is 1. The number of nitrogens with zero attached hydrogens (tertiary/aromatic N) is 2. The summed E-state index contributed by atoms with van der Waals surface area (Å²) >= 11 is 1.53. The fraction of sp³-hybridized carbons (Fsp3) is 0.333. The molecule has 1 fully saturated rings. The highest BCUT2D eigenvalue weighted by atomic mass is 32.2. The quantitative estimate of drug-likeness (QED) is 0.871. The maximum absolute atomic E-state index is 12.6. The average molecular weight is 366 g/mol. The number of benzene rings is 1. The van der Waals surface area contributed by atoms with Crippen molar-refractivity contribution in [1.29, 1.82) is 0 Å². The number of urea groups is 1. The topological polar surface area (TPSA) is 105 Å². The van der Waals surface area contributed by atoms with Crippen molar-refractivity contribution in [2.75, 3.05) is 11.9 Å². The Morgan fingerprint density at radius 2 is 2.21 bits per heavy atom. The summed E-state index contributed by atoms with van der Waals surface area (Å²) in [7, 11) is -3.81. The zero-order valence-electron chi connectivity index (χ0n) is 12.9. The molecule has 1 aromatic carbocycles. The van der Waals surface area contributed by atoms with Crippen molar-refractivity contribution in [3.63, 3.8) is 0 Å². The van der Waals surface area contributed by atoms with E-state index in [-0.39, 0.29) is 17.0 Å². The van der Waals surface area contributed by atoms with Crippen LogP contribution >= 0.6 is 11.3 Å². The van der Waals surface area contributed by atoms with Gasteiger partial charge in [0.15, 0.2) is 0 Å². The predicted molar refractivity (Wildman–Crippen MR) is 92.2 cm³/mol. The summed E-state index contributed by atoms with van der Waals surface area (Å²) in [4.78, 5) is 18.7. The second kappa shape index (κ2) is 6.88. The van der Waals surface area contributed by atoms with Gasteiger partial charge in [-0.15, -0.1) is 11.3 Å². The number of amides is 2. The molecule has 2 aromatic rings. The number of primary sulfonamides is 1. The smallest absolute Gasteiger partial charge is 0.315 e. The molecule has 0 aliphatic carbocycles. The van der Waals surface area contributed by atoms with Gasteiger partial charge in [-0.2, -0.15) is 0 Å². The highest BCUT2D eigenvalue weighted by Crippen LogP contribution is 2.32. The fourth-order valence-corrected chi connectivity index (χ4v) is 4.12. The third kappa shape index (κ3) is 3.74. The maximum Gasteiger partial charge on any atom is 0.322 e. The molecule has 128 valence electrons. The number of rotatable bonds is 3. The van der Waals surface area contributed by atoms with Crippen LogP contribution in [0.2, 0.25) is 0 Å². The van der Waals surface area contributed by atoms with E-state index in [9.17, 15) is 13.2 Å². The molecule has 2 heterocycles. The number of nitrogens with two attached hydrogens (primary N) is 1. The van der Waals surface area contributed by atoms with E-state index in [4.69, 9.17) is 5.14 Å². The second-order valence-corrected chi connectivity index (χ2v) is 8.07. The first-order chi connectivity index (χ1) is 11.4. The Morgan fingerprint density at radius 1 is 1.38 bits per heavy atom. The molecule has 9 heteroatoms. The molecule has 1 aliphatic heterocycles. The molecule has 1 atom stereocenters. The number of aromatic nitrogens is 1. The van der Waals surface area contributed by atoms with E-state index >= 15 is 0 Å². The molecular formula is C15H18N4O3S2. The molecule has 24 heavy (non-hydrogen) atoms. The predicted octanol–water partition coefficient (Wildman–Crippen LogP) is 2.55. The number of anilines is 1. The first-order valence-corrected chi connectivity index (χ1v) is 9.97. The van der Waals surface area contributed by atoms with Crippen LogP contribution in [0.15, 0.2) is 40.7 Å². The molecule has 1 aliphatic rings. The Morgan fingerprint density at radius 3 is 2.92 bits per heavy atom. The summed E-state index contributed by atoms with van der Waals surface area (Å²) in [5.74, 6) is 0. The van der Waals surface area contributed by atoms with E-state index < -0.39 is 10.0 Å². The number of nitrogens with one attached hydrogen (secondary N) is 1. The van der Waals surface area contributed by atoms with Gasteiger partial charge in [0.1, 0.15) is 5.01 Å². The number of hydrogen-bond acceptors (Lipinski definition) is 5. The number of carbonyl (C=O) groups is 1. The zero-order chi connectivity index (χ0) is 17.2. The molecule has 1 saturated heterocycles. The summed E-state index contributed by atoms with van der Waals surface area (Å²) in [5, 5.41) is 10.7. The number of sulfonamides is 1. The van der Waals surface area contributed by atoms with Crippen LogP contribution in [-0.4, -0.2) is 30.9 Å². The van der Waals surface area contributed by atoms with Gasteiger partial charge in [-0.25, -0.2) is 23.3 Å². The molecule has 0 spiro atoms. The molecule has 1 aromatic heterocycles. The summed E-state index contributed by atoms with van der Waals surface area (Å²) in [6.45, 7) is 0.644. The standard InChI is InChI=1S/C15H18N4O3S2/c16-24(21,22)12-5-3-4-11(10-12)18-15(20)19-8-2-1-6-13(19)14-17-7-9-23-14/h3-5,7,9-10,13H,1-2,6,8H2,(H,18,20)(H2,16,21,22)/t13-/m0/s1. The molecule has 3 rings (SSSR count). The lowest BCUT2D eigenvalue weighted by molar-refractivity contribution is 0.163. The average Bonchev–Trinajstić information content (AvgIpc) is 3.08. The van der Waals surface area contributed by atoms with E-state index in [2.05, 4.69) is 10.3 Å². The Hall–Kier alpha value is -1.97. The van der Waals surface area contributed by atoms with Crippen molar-refractivity contribution in [2.45, 2.75) is 30.2 Å². The van der Waals surface area contributed by atoms with Crippen molar-refractivity contribution < 1.29 is 13.2 Å². The van der Waals surface area contributed by atoms with Gasteiger partial charge in [-0.3, -0.25) is 0 Å². The molecule has 0 bridgehead atoms. The van der Waals surface area contributed by atoms with Gasteiger partial charge in [0.25, 0.3) is 0 Å². The van der Waals surface area contributed by atoms with Gasteiger partial charge in [0, 0.05) is 23.8 Å². The summed E-state index contributed by atoms with van der Waals surface area (Å²) in [6, 6.07) is 5.63. The van der Waals surface area contributed by atoms with Crippen LogP contribution in [-0.2, 0) is 10.0 Å². The normalized spacial score (nSPS) is 18.4. The van der Waals surface area contributed by atoms with E-state index in [0.717, 1.165) is 24.3 Å². The summed E-state index contributed by atoms with van der Waals surface area (Å²) < 4.78 is 22.9. The van der Waals surface area contributed by atoms with Crippen molar-refractivity contribution in [3.8, 4) is 0 Å². The lowest BCUT2D eigenvalue weighted by Crippen LogP contribution is -2.41. The second-order valence-electron chi connectivity index (χ2n) is 5.58. The molecule has 0 saturated carbocycles. The largest absolute Gasteiger partial charge is 0.322 e. The molecule has 3 N–H and O–H groups in total. The van der Waals surface area contributed by atoms with Crippen LogP contribution in [0, 0.1) is 0 Å². The van der Waals surface area contributed by atoms with Gasteiger partial charge >= 0.3 is 6.03 Å². The zero-order valence-corrected chi connectivity index (χ0v) is 14.5. The Kier molecular flexibility index (Phi) is 4.83. The Bertz CT molecular complexity index is 821. The van der Waals surface area contributed by atoms with E-state index in [0.29, 0.717) is 12.2 Å². The number of thiazole rings is 1. The monoisotopic (exact) mass is 366 g/mol. The van der Waals surface area contributed by atoms with Gasteiger partial charge < -0.3 is 10.2 Å². The Labute approximate surface area is 144 Å². The van der Waals surface area contributed by atoms with Gasteiger partial charge in [0.05, 0.1) is 10.9 Å². The van der Waals surface area contributed by atoms with E-state index in [1.165, 1.54) is 23.5 Å². The molecule has 7 nitrogen and oxygen atoms in total. The van der Waals surface area contributed by atoms with Crippen LogP contribution in [0.1, 0.15) is 30.3 Å². The van der Waals surface area contributed by atoms with Gasteiger partial charge in [0.2, 0.25) is 10.0 Å². The van der Waals surface area contributed by atoms with Crippen LogP contribution in [0.5, 0.6) is 0 Å². The van der Waals surface area contributed by atoms with Crippen LogP contribution < -0.4 is 10.5 Å². The van der Waals surface area contributed by atoms with Crippen molar-refractivity contribution in [3.05, 3.63) is 40.8 Å². The summed E-state index contributed by atoms with van der Waals surface area (Å²) in [5.41, 5.74) is 0.398. The van der Waals surface area contributed by atoms with Crippen LogP contribution in [0.25, 0.3) is 0 Å². The minimum Gasteiger partial charge on any atom is -0.315 e. The SMILES string of the molecule is NS(=O)(=O)c1cccc(NC(=O)N2CCCC[C@H]2c2nccs2)c1. The first-order valence-electron chi connectivity index (χ1n) is 7.55. The highest BCUT2D eigenvalue weighted by molar-refractivity contribution is 7.89. The fourth-order valence-electron chi connectivity index (χ4n) is 2.78. The number of piperidine rings is 1. The first kappa shape index (κ1) is 16.9. The number of hydrogen-bond donors (Lipinski definition) is 2. The van der Waals surface area contributed by atoms with Gasteiger partial charge in [-0.1, -0.05) is 6.07 Å². The maximum atomic E-state index is 12.6. The molecule has 2 amide bonds. The minimum absolute atomic E-state index is 0.0320. The van der Waals surface area contributed by atoms with Crippen molar-refractivity contribution >= 4 is 33.1 Å². The van der Waals surface area contributed by atoms with Crippen LogP contribution in [0.4, 0.5) is 10.5 Å². The van der Waals surface area contributed by atoms with Gasteiger partial charge in [-0.05, 0) is 37.5 Å². The molecule has 0 unspecified atom stereocenters. The van der Waals surface area contributed by atoms with E-state index in [1.54, 1.807) is 23.2 Å². The van der Waals surface area contributed by atoms with Crippen LogP contribution in [0.3, 0.4) is 0 Å². The lowest BCUT2D eigenvalue weighted by atomic mass is 10.0. The summed E-state index contributed by atoms with van der Waals surface area (Å²) in [6.07, 6.45) is 4.60. The number of carbonyl (C=O) groups excluding carboxylic acids is 1. The molecule has 0 radical (unpaired) electrons. The van der Waals surface area contributed by atoms with Crippen molar-refractivity contribution in [2.24, 2.45) is 5.14 Å². The lowest BCUT2D eigenvalue weighted by Gasteiger charge is -2.34. The molecular weight excluding hydrogens is 348 g/mol. The van der Waals surface area contributed by atoms with Crippen molar-refractivity contribution in [1.82, 2.24) is 9.88 Å².